The minimum atomic E-state index is 0.337. The van der Waals surface area contributed by atoms with Crippen LogP contribution in [0.1, 0.15) is 0 Å². The first-order valence-electron chi connectivity index (χ1n) is 6.15. The lowest BCUT2D eigenvalue weighted by Gasteiger charge is -2.11. The van der Waals surface area contributed by atoms with Gasteiger partial charge in [-0.2, -0.15) is 4.98 Å². The van der Waals surface area contributed by atoms with E-state index >= 15 is 0 Å². The maximum atomic E-state index is 5.97. The van der Waals surface area contributed by atoms with Crippen LogP contribution >= 0.6 is 15.9 Å². The van der Waals surface area contributed by atoms with Crippen molar-refractivity contribution >= 4 is 44.0 Å². The van der Waals surface area contributed by atoms with Crippen molar-refractivity contribution in [3.05, 3.63) is 41.3 Å². The Bertz CT molecular complexity index is 808. The second kappa shape index (κ2) is 5.53. The topological polar surface area (TPSA) is 86.0 Å². The van der Waals surface area contributed by atoms with E-state index in [9.17, 15) is 0 Å². The second-order valence-corrected chi connectivity index (χ2v) is 5.22. The van der Waals surface area contributed by atoms with Gasteiger partial charge in [-0.1, -0.05) is 12.1 Å². The van der Waals surface area contributed by atoms with Crippen LogP contribution in [-0.4, -0.2) is 22.1 Å². The number of nitrogen functional groups attached to an aromatic ring is 1. The molecule has 0 radical (unpaired) electrons. The Hall–Kier alpha value is -2.41. The number of benzene rings is 1. The standard InChI is InChI=1S/C14H12BrN5O/c1-21-14-11(16)13(18-7-19-14)20-10-4-2-3-8-5-9(15)6-17-12(8)10/h2-7H,16H2,1H3,(H,18,19,20). The highest BCUT2D eigenvalue weighted by Gasteiger charge is 2.10. The average molecular weight is 346 g/mol. The van der Waals surface area contributed by atoms with Crippen molar-refractivity contribution in [3.8, 4) is 5.88 Å². The number of ether oxygens (including phenoxy) is 1. The zero-order valence-corrected chi connectivity index (χ0v) is 12.8. The van der Waals surface area contributed by atoms with Crippen LogP contribution in [0.5, 0.6) is 5.88 Å². The van der Waals surface area contributed by atoms with Crippen molar-refractivity contribution in [2.45, 2.75) is 0 Å². The Labute approximate surface area is 129 Å². The first-order valence-corrected chi connectivity index (χ1v) is 6.94. The van der Waals surface area contributed by atoms with Crippen LogP contribution in [-0.2, 0) is 0 Å². The molecule has 3 rings (SSSR count). The molecule has 0 bridgehead atoms. The number of nitrogens with one attached hydrogen (secondary N) is 1. The minimum absolute atomic E-state index is 0.337. The van der Waals surface area contributed by atoms with Gasteiger partial charge in [0, 0.05) is 16.1 Å². The van der Waals surface area contributed by atoms with Gasteiger partial charge in [-0.3, -0.25) is 4.98 Å². The van der Waals surface area contributed by atoms with Crippen molar-refractivity contribution < 1.29 is 4.74 Å². The summed E-state index contributed by atoms with van der Waals surface area (Å²) in [4.78, 5) is 12.5. The maximum absolute atomic E-state index is 5.97. The lowest BCUT2D eigenvalue weighted by molar-refractivity contribution is 0.399. The first-order chi connectivity index (χ1) is 10.2. The van der Waals surface area contributed by atoms with E-state index in [1.165, 1.54) is 13.4 Å². The molecule has 2 heterocycles. The Morgan fingerprint density at radius 1 is 1.24 bits per heavy atom. The lowest BCUT2D eigenvalue weighted by atomic mass is 10.2. The molecule has 0 aliphatic rings. The summed E-state index contributed by atoms with van der Waals surface area (Å²) in [6.45, 7) is 0. The fraction of sp³-hybridized carbons (Fsp3) is 0.0714. The largest absolute Gasteiger partial charge is 0.479 e. The van der Waals surface area contributed by atoms with E-state index in [1.54, 1.807) is 6.20 Å². The molecular formula is C14H12BrN5O. The third-order valence-electron chi connectivity index (χ3n) is 2.97. The quantitative estimate of drug-likeness (QED) is 0.758. The van der Waals surface area contributed by atoms with E-state index in [4.69, 9.17) is 10.5 Å². The summed E-state index contributed by atoms with van der Waals surface area (Å²) in [7, 11) is 1.51. The predicted molar refractivity (Wildman–Crippen MR) is 85.7 cm³/mol. The van der Waals surface area contributed by atoms with E-state index in [0.717, 1.165) is 21.1 Å². The molecule has 0 fully saturated rings. The molecule has 3 aromatic rings. The molecule has 7 heteroatoms. The van der Waals surface area contributed by atoms with Crippen molar-refractivity contribution in [1.29, 1.82) is 0 Å². The van der Waals surface area contributed by atoms with Gasteiger partial charge in [0.15, 0.2) is 5.82 Å². The van der Waals surface area contributed by atoms with Crippen LogP contribution in [0.3, 0.4) is 0 Å². The molecule has 0 saturated heterocycles. The first kappa shape index (κ1) is 13.6. The summed E-state index contributed by atoms with van der Waals surface area (Å²) in [5.41, 5.74) is 7.97. The summed E-state index contributed by atoms with van der Waals surface area (Å²) >= 11 is 3.41. The molecule has 6 nitrogen and oxygen atoms in total. The zero-order valence-electron chi connectivity index (χ0n) is 11.2. The summed E-state index contributed by atoms with van der Waals surface area (Å²) in [6, 6.07) is 7.84. The smallest absolute Gasteiger partial charge is 0.242 e. The van der Waals surface area contributed by atoms with Crippen LogP contribution in [0.2, 0.25) is 0 Å². The number of nitrogens with zero attached hydrogens (tertiary/aromatic N) is 3. The number of pyridine rings is 1. The third kappa shape index (κ3) is 2.59. The molecule has 0 amide bonds. The average Bonchev–Trinajstić information content (AvgIpc) is 2.49. The number of nitrogens with two attached hydrogens (primary N) is 1. The molecule has 0 atom stereocenters. The van der Waals surface area contributed by atoms with E-state index in [2.05, 4.69) is 36.2 Å². The second-order valence-electron chi connectivity index (χ2n) is 4.30. The summed E-state index contributed by atoms with van der Waals surface area (Å²) in [5, 5.41) is 4.18. The monoisotopic (exact) mass is 345 g/mol. The number of para-hydroxylation sites is 1. The van der Waals surface area contributed by atoms with Crippen molar-refractivity contribution in [3.63, 3.8) is 0 Å². The number of anilines is 3. The van der Waals surface area contributed by atoms with E-state index in [1.807, 2.05) is 24.3 Å². The van der Waals surface area contributed by atoms with Crippen molar-refractivity contribution in [1.82, 2.24) is 15.0 Å². The van der Waals surface area contributed by atoms with Gasteiger partial charge < -0.3 is 15.8 Å². The molecule has 2 aromatic heterocycles. The lowest BCUT2D eigenvalue weighted by Crippen LogP contribution is -2.03. The van der Waals surface area contributed by atoms with E-state index in [-0.39, 0.29) is 0 Å². The highest BCUT2D eigenvalue weighted by atomic mass is 79.9. The molecule has 106 valence electrons. The zero-order chi connectivity index (χ0) is 14.8. The highest BCUT2D eigenvalue weighted by Crippen LogP contribution is 2.30. The van der Waals surface area contributed by atoms with Gasteiger partial charge in [-0.05, 0) is 28.1 Å². The van der Waals surface area contributed by atoms with Gasteiger partial charge in [0.05, 0.1) is 18.3 Å². The van der Waals surface area contributed by atoms with Crippen LogP contribution < -0.4 is 15.8 Å². The number of fused-ring (bicyclic) bond motifs is 1. The third-order valence-corrected chi connectivity index (χ3v) is 3.41. The highest BCUT2D eigenvalue weighted by molar-refractivity contribution is 9.10. The Morgan fingerprint density at radius 2 is 2.10 bits per heavy atom. The molecule has 0 spiro atoms. The summed E-state index contributed by atoms with van der Waals surface area (Å²) in [5.74, 6) is 0.822. The molecule has 3 N–H and O–H groups in total. The molecule has 0 aliphatic carbocycles. The van der Waals surface area contributed by atoms with E-state index < -0.39 is 0 Å². The number of hydrogen-bond acceptors (Lipinski definition) is 6. The van der Waals surface area contributed by atoms with Gasteiger partial charge in [0.2, 0.25) is 5.88 Å². The molecule has 0 saturated carbocycles. The Morgan fingerprint density at radius 3 is 2.90 bits per heavy atom. The van der Waals surface area contributed by atoms with Crippen LogP contribution in [0.15, 0.2) is 41.3 Å². The fourth-order valence-corrected chi connectivity index (χ4v) is 2.35. The molecule has 0 aliphatic heterocycles. The van der Waals surface area contributed by atoms with Gasteiger partial charge in [0.25, 0.3) is 0 Å². The fourth-order valence-electron chi connectivity index (χ4n) is 2.00. The number of halogens is 1. The van der Waals surface area contributed by atoms with Crippen LogP contribution in [0.4, 0.5) is 17.2 Å². The van der Waals surface area contributed by atoms with E-state index in [0.29, 0.717) is 17.4 Å². The maximum Gasteiger partial charge on any atom is 0.242 e. The predicted octanol–water partition coefficient (Wildman–Crippen LogP) is 3.12. The SMILES string of the molecule is COc1ncnc(Nc2cccc3cc(Br)cnc23)c1N. The minimum Gasteiger partial charge on any atom is -0.479 e. The van der Waals surface area contributed by atoms with Crippen LogP contribution in [0, 0.1) is 0 Å². The normalized spacial score (nSPS) is 10.6. The summed E-state index contributed by atoms with van der Waals surface area (Å²) < 4.78 is 6.01. The van der Waals surface area contributed by atoms with Crippen molar-refractivity contribution in [2.75, 3.05) is 18.2 Å². The number of hydrogen-bond donors (Lipinski definition) is 2. The van der Waals surface area contributed by atoms with Crippen LogP contribution in [0.25, 0.3) is 10.9 Å². The molecule has 1 aromatic carbocycles. The molecule has 0 unspecified atom stereocenters. The van der Waals surface area contributed by atoms with Gasteiger partial charge in [0.1, 0.15) is 12.0 Å². The molecule has 21 heavy (non-hydrogen) atoms. The van der Waals surface area contributed by atoms with Gasteiger partial charge in [-0.15, -0.1) is 0 Å². The Kier molecular flexibility index (Phi) is 3.57. The number of aromatic nitrogens is 3. The van der Waals surface area contributed by atoms with Crippen molar-refractivity contribution in [2.24, 2.45) is 0 Å². The Balaban J connectivity index is 2.06. The summed E-state index contributed by atoms with van der Waals surface area (Å²) in [6.07, 6.45) is 3.14. The number of methoxy groups -OCH3 is 1. The molecular weight excluding hydrogens is 334 g/mol. The van der Waals surface area contributed by atoms with Gasteiger partial charge in [-0.25, -0.2) is 4.98 Å². The van der Waals surface area contributed by atoms with Gasteiger partial charge >= 0.3 is 0 Å². The number of rotatable bonds is 3.